The van der Waals surface area contributed by atoms with E-state index in [4.69, 9.17) is 9.47 Å². The number of benzene rings is 1. The molecular weight excluding hydrogens is 526 g/mol. The van der Waals surface area contributed by atoms with Crippen molar-refractivity contribution in [1.29, 1.82) is 0 Å². The van der Waals surface area contributed by atoms with E-state index in [-0.39, 0.29) is 6.09 Å². The molecule has 7 heteroatoms. The number of ether oxygens (including phenoxy) is 2. The topological polar surface area (TPSA) is 71.1 Å². The van der Waals surface area contributed by atoms with Crippen LogP contribution in [-0.2, 0) is 9.53 Å². The van der Waals surface area contributed by atoms with Gasteiger partial charge < -0.3 is 14.3 Å². The summed E-state index contributed by atoms with van der Waals surface area (Å²) < 4.78 is 11.1. The second kappa shape index (κ2) is 25.5. The number of hydrogen-bond donors (Lipinski definition) is 1. The van der Waals surface area contributed by atoms with Crippen LogP contribution in [0.15, 0.2) is 30.3 Å². The molecule has 0 aromatic heterocycles. The van der Waals surface area contributed by atoms with Crippen molar-refractivity contribution in [2.45, 2.75) is 122 Å². The number of nitrogens with one attached hydrogen (secondary N) is 1. The van der Waals surface area contributed by atoms with E-state index in [1.54, 1.807) is 17.1 Å². The largest absolute Gasteiger partial charge is 0.429 e. The quantitative estimate of drug-likeness (QED) is 0.0669. The van der Waals surface area contributed by atoms with Crippen LogP contribution in [0.2, 0.25) is 0 Å². The van der Waals surface area contributed by atoms with Gasteiger partial charge in [-0.15, -0.1) is 0 Å². The summed E-state index contributed by atoms with van der Waals surface area (Å²) in [5, 5.41) is 1.64. The SMILES string of the molecule is CCCCCCCCCCCCCCCC(CCC=O)CCN(NCCCN1CCOCC1)C(=O)Oc1ccccc1. The first-order valence-electron chi connectivity index (χ1n) is 17.2. The fourth-order valence-electron chi connectivity index (χ4n) is 5.72. The average Bonchev–Trinajstić information content (AvgIpc) is 3.02. The van der Waals surface area contributed by atoms with Gasteiger partial charge in [0, 0.05) is 32.6 Å². The molecule has 1 aromatic rings. The second-order valence-corrected chi connectivity index (χ2v) is 12.0. The van der Waals surface area contributed by atoms with Gasteiger partial charge in [0.2, 0.25) is 0 Å². The Morgan fingerprint density at radius 1 is 0.881 bits per heavy atom. The van der Waals surface area contributed by atoms with Crippen molar-refractivity contribution in [3.63, 3.8) is 0 Å². The third-order valence-corrected chi connectivity index (χ3v) is 8.40. The summed E-state index contributed by atoms with van der Waals surface area (Å²) in [7, 11) is 0. The van der Waals surface area contributed by atoms with Crippen LogP contribution < -0.4 is 10.2 Å². The lowest BCUT2D eigenvalue weighted by molar-refractivity contribution is -0.108. The van der Waals surface area contributed by atoms with Gasteiger partial charge in [-0.3, -0.25) is 4.90 Å². The van der Waals surface area contributed by atoms with Crippen molar-refractivity contribution in [1.82, 2.24) is 15.3 Å². The maximum absolute atomic E-state index is 13.1. The van der Waals surface area contributed by atoms with Gasteiger partial charge in [0.15, 0.2) is 0 Å². The minimum Gasteiger partial charge on any atom is -0.409 e. The number of carbonyl (C=O) groups is 2. The Hall–Kier alpha value is -1.96. The Kier molecular flexibility index (Phi) is 22.0. The second-order valence-electron chi connectivity index (χ2n) is 12.0. The van der Waals surface area contributed by atoms with E-state index in [2.05, 4.69) is 17.2 Å². The first-order chi connectivity index (χ1) is 20.7. The predicted molar refractivity (Wildman–Crippen MR) is 173 cm³/mol. The standard InChI is InChI=1S/C35H61N3O4/c1-2-3-4-5-6-7-8-9-10-11-12-13-15-20-33(21-18-30-39)24-27-38(35(40)42-34-22-16-14-17-23-34)36-25-19-26-37-28-31-41-32-29-37/h14,16-17,22-23,30,33,36H,2-13,15,18-21,24-29,31-32H2,1H3. The predicted octanol–water partition coefficient (Wildman–Crippen LogP) is 8.18. The molecule has 2 rings (SSSR count). The molecule has 42 heavy (non-hydrogen) atoms. The van der Waals surface area contributed by atoms with E-state index in [9.17, 15) is 9.59 Å². The van der Waals surface area contributed by atoms with Gasteiger partial charge in [-0.2, -0.15) is 0 Å². The van der Waals surface area contributed by atoms with E-state index in [1.807, 2.05) is 18.2 Å². The number of hydrazine groups is 1. The number of para-hydroxylation sites is 1. The van der Waals surface area contributed by atoms with Crippen LogP contribution in [0.4, 0.5) is 4.79 Å². The maximum atomic E-state index is 13.1. The van der Waals surface area contributed by atoms with Gasteiger partial charge in [-0.1, -0.05) is 115 Å². The molecule has 0 radical (unpaired) electrons. The van der Waals surface area contributed by atoms with E-state index < -0.39 is 0 Å². The third-order valence-electron chi connectivity index (χ3n) is 8.40. The zero-order chi connectivity index (χ0) is 29.9. The fraction of sp³-hybridized carbons (Fsp3) is 0.771. The van der Waals surface area contributed by atoms with Crippen LogP contribution >= 0.6 is 0 Å². The maximum Gasteiger partial charge on any atom is 0.429 e. The zero-order valence-electron chi connectivity index (χ0n) is 26.7. The Morgan fingerprint density at radius 2 is 1.50 bits per heavy atom. The molecule has 1 aliphatic heterocycles. The summed E-state index contributed by atoms with van der Waals surface area (Å²) >= 11 is 0. The van der Waals surface area contributed by atoms with E-state index in [1.165, 1.54) is 83.5 Å². The van der Waals surface area contributed by atoms with Gasteiger partial charge >= 0.3 is 6.09 Å². The molecular formula is C35H61N3O4. The highest BCUT2D eigenvalue weighted by molar-refractivity contribution is 5.70. The monoisotopic (exact) mass is 587 g/mol. The van der Waals surface area contributed by atoms with Gasteiger partial charge in [0.05, 0.1) is 13.2 Å². The van der Waals surface area contributed by atoms with Crippen molar-refractivity contribution in [2.24, 2.45) is 5.92 Å². The molecule has 1 atom stereocenters. The number of nitrogens with zero attached hydrogens (tertiary/aromatic N) is 2. The minimum atomic E-state index is -0.373. The molecule has 0 bridgehead atoms. The molecule has 1 fully saturated rings. The highest BCUT2D eigenvalue weighted by Gasteiger charge is 2.19. The minimum absolute atomic E-state index is 0.373. The normalized spacial score (nSPS) is 14.5. The molecule has 1 amide bonds. The van der Waals surface area contributed by atoms with Crippen molar-refractivity contribution < 1.29 is 19.1 Å². The lowest BCUT2D eigenvalue weighted by atomic mass is 9.92. The smallest absolute Gasteiger partial charge is 0.409 e. The molecule has 7 nitrogen and oxygen atoms in total. The van der Waals surface area contributed by atoms with Crippen molar-refractivity contribution in [3.05, 3.63) is 30.3 Å². The summed E-state index contributed by atoms with van der Waals surface area (Å²) in [5.74, 6) is 0.983. The highest BCUT2D eigenvalue weighted by Crippen LogP contribution is 2.21. The van der Waals surface area contributed by atoms with Gasteiger partial charge in [0.25, 0.3) is 0 Å². The van der Waals surface area contributed by atoms with Crippen LogP contribution in [0.1, 0.15) is 122 Å². The van der Waals surface area contributed by atoms with Crippen LogP contribution in [0.5, 0.6) is 5.75 Å². The van der Waals surface area contributed by atoms with Crippen molar-refractivity contribution in [2.75, 3.05) is 45.9 Å². The molecule has 240 valence electrons. The van der Waals surface area contributed by atoms with E-state index in [0.29, 0.717) is 31.2 Å². The number of rotatable bonds is 26. The fourth-order valence-corrected chi connectivity index (χ4v) is 5.72. The van der Waals surface area contributed by atoms with E-state index >= 15 is 0 Å². The molecule has 0 aliphatic carbocycles. The molecule has 0 spiro atoms. The van der Waals surface area contributed by atoms with Crippen LogP contribution in [0.25, 0.3) is 0 Å². The Bertz CT molecular complexity index is 773. The molecule has 1 saturated heterocycles. The molecule has 1 unspecified atom stereocenters. The third kappa shape index (κ3) is 18.6. The summed E-state index contributed by atoms with van der Waals surface area (Å²) in [4.78, 5) is 26.6. The Morgan fingerprint density at radius 3 is 2.12 bits per heavy atom. The molecule has 0 saturated carbocycles. The molecule has 1 aromatic carbocycles. The first-order valence-corrected chi connectivity index (χ1v) is 17.2. The number of aldehydes is 1. The summed E-state index contributed by atoms with van der Waals surface area (Å²) in [6, 6.07) is 9.25. The molecule has 1 aliphatic rings. The number of unbranched alkanes of at least 4 members (excludes halogenated alkanes) is 12. The van der Waals surface area contributed by atoms with Crippen molar-refractivity contribution in [3.8, 4) is 5.75 Å². The highest BCUT2D eigenvalue weighted by atomic mass is 16.6. The molecule has 1 heterocycles. The van der Waals surface area contributed by atoms with Crippen LogP contribution in [0, 0.1) is 5.92 Å². The first kappa shape index (κ1) is 36.2. The van der Waals surface area contributed by atoms with Crippen LogP contribution in [0.3, 0.4) is 0 Å². The lowest BCUT2D eigenvalue weighted by Crippen LogP contribution is -2.46. The zero-order valence-corrected chi connectivity index (χ0v) is 26.7. The van der Waals surface area contributed by atoms with E-state index in [0.717, 1.165) is 64.8 Å². The summed E-state index contributed by atoms with van der Waals surface area (Å²) in [6.45, 7) is 8.07. The van der Waals surface area contributed by atoms with Crippen molar-refractivity contribution >= 4 is 12.4 Å². The average molecular weight is 588 g/mol. The van der Waals surface area contributed by atoms with Gasteiger partial charge in [-0.05, 0) is 43.9 Å². The number of amides is 1. The number of carbonyl (C=O) groups excluding carboxylic acids is 2. The number of morpholine rings is 1. The summed E-state index contributed by atoms with van der Waals surface area (Å²) in [5.41, 5.74) is 3.34. The Balaban J connectivity index is 1.69. The van der Waals surface area contributed by atoms with Gasteiger partial charge in [-0.25, -0.2) is 15.2 Å². The molecule has 1 N–H and O–H groups in total. The Labute approximate surface area is 257 Å². The van der Waals surface area contributed by atoms with Crippen LogP contribution in [-0.4, -0.2) is 68.2 Å². The lowest BCUT2D eigenvalue weighted by Gasteiger charge is -2.28. The van der Waals surface area contributed by atoms with Gasteiger partial charge in [0.1, 0.15) is 12.0 Å². The number of hydrogen-bond acceptors (Lipinski definition) is 6. The summed E-state index contributed by atoms with van der Waals surface area (Å²) in [6.07, 6.45) is 22.6.